The second kappa shape index (κ2) is 7.94. The monoisotopic (exact) mass is 451 g/mol. The maximum absolute atomic E-state index is 14.3. The van der Waals surface area contributed by atoms with Crippen molar-refractivity contribution in [2.24, 2.45) is 0 Å². The predicted octanol–water partition coefficient (Wildman–Crippen LogP) is 4.95. The van der Waals surface area contributed by atoms with Crippen molar-refractivity contribution in [3.63, 3.8) is 0 Å². The third-order valence-corrected chi connectivity index (χ3v) is 7.13. The van der Waals surface area contributed by atoms with Crippen molar-refractivity contribution in [2.45, 2.75) is 11.4 Å². The Kier molecular flexibility index (Phi) is 5.09. The molecule has 3 aromatic rings. The van der Waals surface area contributed by atoms with Crippen LogP contribution in [0.4, 0.5) is 25.0 Å². The van der Waals surface area contributed by atoms with Crippen LogP contribution in [0.15, 0.2) is 72.8 Å². The summed E-state index contributed by atoms with van der Waals surface area (Å²) in [6.07, 6.45) is 0. The summed E-state index contributed by atoms with van der Waals surface area (Å²) >= 11 is 1.38. The molecule has 162 valence electrons. The number of benzene rings is 3. The molecule has 0 aromatic heterocycles. The molecule has 0 aliphatic carbocycles. The Morgan fingerprint density at radius 1 is 1.03 bits per heavy atom. The Balaban J connectivity index is 1.52. The number of nitrogens with zero attached hydrogens (tertiary/aromatic N) is 2. The Morgan fingerprint density at radius 3 is 2.62 bits per heavy atom. The second-order valence-corrected chi connectivity index (χ2v) is 8.87. The van der Waals surface area contributed by atoms with Crippen molar-refractivity contribution in [3.05, 3.63) is 95.6 Å². The maximum atomic E-state index is 14.3. The molecule has 2 aliphatic heterocycles. The number of amides is 3. The Labute approximate surface area is 188 Å². The van der Waals surface area contributed by atoms with Gasteiger partial charge in [-0.05, 0) is 30.3 Å². The van der Waals surface area contributed by atoms with Crippen molar-refractivity contribution in [1.29, 1.82) is 0 Å². The molecule has 0 radical (unpaired) electrons. The molecular weight excluding hydrogens is 432 g/mol. The fourth-order valence-corrected chi connectivity index (χ4v) is 5.74. The molecule has 8 heteroatoms. The number of rotatable bonds is 3. The number of fused-ring (bicyclic) bond motifs is 2. The van der Waals surface area contributed by atoms with E-state index in [9.17, 15) is 18.4 Å². The summed E-state index contributed by atoms with van der Waals surface area (Å²) in [6, 6.07) is 18.7. The molecule has 1 fully saturated rings. The topological polar surface area (TPSA) is 52.7 Å². The standard InChI is InChI=1S/C24H19F2N3O2S/c25-17-7-5-8-18(14-17)27-23(31)29-12-13-32-24(29)19-9-2-4-11-21(19)28(22(24)30)15-16-6-1-3-10-20(16)26/h1-11,14H,12-13,15H2,(H,27,31). The van der Waals surface area contributed by atoms with Crippen LogP contribution in [-0.4, -0.2) is 29.1 Å². The third kappa shape index (κ3) is 3.22. The fourth-order valence-electron chi connectivity index (χ4n) is 4.28. The molecule has 5 nitrogen and oxygen atoms in total. The van der Waals surface area contributed by atoms with Gasteiger partial charge in [0.05, 0.1) is 12.2 Å². The van der Waals surface area contributed by atoms with Gasteiger partial charge in [0.1, 0.15) is 11.6 Å². The number of para-hydroxylation sites is 1. The van der Waals surface area contributed by atoms with Crippen molar-refractivity contribution in [1.82, 2.24) is 4.90 Å². The molecule has 1 saturated heterocycles. The molecule has 3 aromatic carbocycles. The Morgan fingerprint density at radius 2 is 1.81 bits per heavy atom. The SMILES string of the molecule is O=C(Nc1cccc(F)c1)N1CCSC12C(=O)N(Cc1ccccc1F)c1ccccc12. The molecule has 1 N–H and O–H groups in total. The number of halogens is 2. The van der Waals surface area contributed by atoms with Gasteiger partial charge in [-0.2, -0.15) is 0 Å². The van der Waals surface area contributed by atoms with Crippen LogP contribution in [0.2, 0.25) is 0 Å². The minimum Gasteiger partial charge on any atom is -0.308 e. The molecule has 3 amide bonds. The molecule has 1 unspecified atom stereocenters. The van der Waals surface area contributed by atoms with Crippen molar-refractivity contribution in [3.8, 4) is 0 Å². The molecule has 1 spiro atoms. The van der Waals surface area contributed by atoms with Crippen LogP contribution < -0.4 is 10.2 Å². The van der Waals surface area contributed by atoms with Crippen LogP contribution in [0, 0.1) is 11.6 Å². The highest BCUT2D eigenvalue weighted by molar-refractivity contribution is 8.01. The van der Waals surface area contributed by atoms with Gasteiger partial charge in [0.25, 0.3) is 5.91 Å². The second-order valence-electron chi connectivity index (χ2n) is 7.58. The lowest BCUT2D eigenvalue weighted by Crippen LogP contribution is -2.51. The molecule has 0 saturated carbocycles. The number of hydrogen-bond donors (Lipinski definition) is 1. The zero-order valence-electron chi connectivity index (χ0n) is 16.9. The minimum atomic E-state index is -1.25. The van der Waals surface area contributed by atoms with Gasteiger partial charge < -0.3 is 10.2 Å². The predicted molar refractivity (Wildman–Crippen MR) is 120 cm³/mol. The number of thioether (sulfide) groups is 1. The number of anilines is 2. The van der Waals surface area contributed by atoms with Gasteiger partial charge in [0.2, 0.25) is 0 Å². The smallest absolute Gasteiger partial charge is 0.308 e. The molecule has 5 rings (SSSR count). The average Bonchev–Trinajstić information content (AvgIpc) is 3.33. The van der Waals surface area contributed by atoms with Gasteiger partial charge in [-0.1, -0.05) is 42.5 Å². The van der Waals surface area contributed by atoms with Crippen LogP contribution in [0.1, 0.15) is 11.1 Å². The van der Waals surface area contributed by atoms with Gasteiger partial charge in [0.15, 0.2) is 4.87 Å². The lowest BCUT2D eigenvalue weighted by atomic mass is 10.1. The number of carbonyl (C=O) groups excluding carboxylic acids is 2. The summed E-state index contributed by atoms with van der Waals surface area (Å²) in [6.45, 7) is 0.406. The summed E-state index contributed by atoms with van der Waals surface area (Å²) in [5.41, 5.74) is 2.05. The first-order valence-electron chi connectivity index (χ1n) is 10.1. The van der Waals surface area contributed by atoms with Gasteiger partial charge in [-0.3, -0.25) is 9.69 Å². The fraction of sp³-hybridized carbons (Fsp3) is 0.167. The van der Waals surface area contributed by atoms with E-state index >= 15 is 0 Å². The quantitative estimate of drug-likeness (QED) is 0.613. The number of hydrogen-bond acceptors (Lipinski definition) is 3. The largest absolute Gasteiger partial charge is 0.323 e. The zero-order chi connectivity index (χ0) is 22.3. The van der Waals surface area contributed by atoms with E-state index in [4.69, 9.17) is 0 Å². The van der Waals surface area contributed by atoms with E-state index in [1.165, 1.54) is 45.8 Å². The van der Waals surface area contributed by atoms with E-state index in [1.807, 2.05) is 24.3 Å². The summed E-state index contributed by atoms with van der Waals surface area (Å²) in [5, 5.41) is 2.70. The van der Waals surface area contributed by atoms with Gasteiger partial charge in [-0.25, -0.2) is 13.6 Å². The van der Waals surface area contributed by atoms with Crippen LogP contribution in [0.3, 0.4) is 0 Å². The summed E-state index contributed by atoms with van der Waals surface area (Å²) in [7, 11) is 0. The van der Waals surface area contributed by atoms with Crippen molar-refractivity contribution in [2.75, 3.05) is 22.5 Å². The van der Waals surface area contributed by atoms with Crippen LogP contribution in [0.25, 0.3) is 0 Å². The normalized spacial score (nSPS) is 19.5. The van der Waals surface area contributed by atoms with Gasteiger partial charge >= 0.3 is 6.03 Å². The molecule has 2 aliphatic rings. The minimum absolute atomic E-state index is 0.0597. The van der Waals surface area contributed by atoms with Crippen LogP contribution >= 0.6 is 11.8 Å². The average molecular weight is 451 g/mol. The van der Waals surface area contributed by atoms with Crippen LogP contribution in [-0.2, 0) is 16.2 Å². The third-order valence-electron chi connectivity index (χ3n) is 5.71. The molecule has 32 heavy (non-hydrogen) atoms. The summed E-state index contributed by atoms with van der Waals surface area (Å²) in [4.78, 5) is 28.8. The highest BCUT2D eigenvalue weighted by Crippen LogP contribution is 2.54. The first kappa shape index (κ1) is 20.5. The Hall–Kier alpha value is -3.39. The lowest BCUT2D eigenvalue weighted by molar-refractivity contribution is -0.123. The van der Waals surface area contributed by atoms with Crippen molar-refractivity contribution >= 4 is 35.1 Å². The number of carbonyl (C=O) groups is 2. The van der Waals surface area contributed by atoms with E-state index in [1.54, 1.807) is 24.3 Å². The zero-order valence-corrected chi connectivity index (χ0v) is 17.7. The Bertz CT molecular complexity index is 1220. The molecule has 0 bridgehead atoms. The van der Waals surface area contributed by atoms with Crippen LogP contribution in [0.5, 0.6) is 0 Å². The molecular formula is C24H19F2N3O2S. The maximum Gasteiger partial charge on any atom is 0.323 e. The van der Waals surface area contributed by atoms with Gasteiger partial charge in [0, 0.05) is 29.1 Å². The summed E-state index contributed by atoms with van der Waals surface area (Å²) in [5.74, 6) is -0.589. The van der Waals surface area contributed by atoms with E-state index in [0.29, 0.717) is 34.8 Å². The molecule has 2 heterocycles. The first-order valence-corrected chi connectivity index (χ1v) is 11.1. The lowest BCUT2D eigenvalue weighted by Gasteiger charge is -2.33. The molecule has 1 atom stereocenters. The van der Waals surface area contributed by atoms with Gasteiger partial charge in [-0.15, -0.1) is 11.8 Å². The van der Waals surface area contributed by atoms with Crippen molar-refractivity contribution < 1.29 is 18.4 Å². The van der Waals surface area contributed by atoms with E-state index in [2.05, 4.69) is 5.32 Å². The first-order chi connectivity index (χ1) is 15.5. The number of nitrogens with one attached hydrogen (secondary N) is 1. The van der Waals surface area contributed by atoms with E-state index in [0.717, 1.165) is 0 Å². The van der Waals surface area contributed by atoms with E-state index in [-0.39, 0.29) is 12.5 Å². The number of urea groups is 1. The highest BCUT2D eigenvalue weighted by Gasteiger charge is 2.59. The highest BCUT2D eigenvalue weighted by atomic mass is 32.2. The summed E-state index contributed by atoms with van der Waals surface area (Å²) < 4.78 is 27.9. The van der Waals surface area contributed by atoms with E-state index < -0.39 is 22.5 Å².